The molecule has 1 heterocycles. The molecule has 1 atom stereocenters. The number of hydrogen-bond acceptors (Lipinski definition) is 2. The Morgan fingerprint density at radius 3 is 2.24 bits per heavy atom. The lowest BCUT2D eigenvalue weighted by molar-refractivity contribution is -0.130. The topological polar surface area (TPSA) is 40.5 Å². The third kappa shape index (κ3) is 3.51. The fraction of sp³-hybridized carbons (Fsp3) is 0.125. The van der Waals surface area contributed by atoms with Crippen LogP contribution >= 0.6 is 0 Å². The summed E-state index contributed by atoms with van der Waals surface area (Å²) in [5.41, 5.74) is 3.02. The van der Waals surface area contributed by atoms with Crippen molar-refractivity contribution in [2.45, 2.75) is 19.5 Å². The van der Waals surface area contributed by atoms with E-state index in [1.165, 1.54) is 23.1 Å². The van der Waals surface area contributed by atoms with Gasteiger partial charge in [-0.05, 0) is 36.2 Å². The van der Waals surface area contributed by atoms with Gasteiger partial charge < -0.3 is 10.0 Å². The predicted octanol–water partition coefficient (Wildman–Crippen LogP) is 5.33. The molecule has 146 valence electrons. The molecular formula is C24H19F2NO2. The highest BCUT2D eigenvalue weighted by atomic mass is 19.1. The van der Waals surface area contributed by atoms with Crippen LogP contribution in [0.2, 0.25) is 0 Å². The number of aryl methyl sites for hydroxylation is 1. The van der Waals surface area contributed by atoms with Crippen LogP contribution in [0.15, 0.2) is 78.6 Å². The minimum atomic E-state index is -0.795. The van der Waals surface area contributed by atoms with Crippen molar-refractivity contribution < 1.29 is 18.7 Å². The first-order valence-corrected chi connectivity index (χ1v) is 9.25. The summed E-state index contributed by atoms with van der Waals surface area (Å²) in [6, 6.07) is 18.5. The number of halogens is 2. The largest absolute Gasteiger partial charge is 0.503 e. The fourth-order valence-electron chi connectivity index (χ4n) is 3.65. The summed E-state index contributed by atoms with van der Waals surface area (Å²) in [5, 5.41) is 10.7. The van der Waals surface area contributed by atoms with Gasteiger partial charge in [0.2, 0.25) is 0 Å². The van der Waals surface area contributed by atoms with Crippen molar-refractivity contribution in [2.24, 2.45) is 0 Å². The van der Waals surface area contributed by atoms with Crippen molar-refractivity contribution in [1.82, 2.24) is 4.90 Å². The highest BCUT2D eigenvalue weighted by Crippen LogP contribution is 2.44. The molecule has 0 fully saturated rings. The molecule has 0 aliphatic carbocycles. The van der Waals surface area contributed by atoms with E-state index >= 15 is 0 Å². The second-order valence-electron chi connectivity index (χ2n) is 7.11. The standard InChI is InChI=1S/C24H19F2NO2/c1-15-6-10-17(11-7-15)21-22(19-4-2-3-5-20(19)26)27(24(29)23(21)28)14-16-8-12-18(25)13-9-16/h2-13,22,28H,14H2,1H3. The molecule has 1 N–H and O–H groups in total. The van der Waals surface area contributed by atoms with E-state index in [0.717, 1.165) is 5.56 Å². The van der Waals surface area contributed by atoms with E-state index in [2.05, 4.69) is 0 Å². The maximum Gasteiger partial charge on any atom is 0.290 e. The molecule has 5 heteroatoms. The number of hydrogen-bond donors (Lipinski definition) is 1. The normalized spacial score (nSPS) is 16.6. The van der Waals surface area contributed by atoms with Gasteiger partial charge in [-0.25, -0.2) is 8.78 Å². The van der Waals surface area contributed by atoms with E-state index in [0.29, 0.717) is 22.3 Å². The van der Waals surface area contributed by atoms with Crippen molar-refractivity contribution in [1.29, 1.82) is 0 Å². The summed E-state index contributed by atoms with van der Waals surface area (Å²) in [6.07, 6.45) is 0. The van der Waals surface area contributed by atoms with Crippen LogP contribution in [0.5, 0.6) is 0 Å². The van der Waals surface area contributed by atoms with Crippen LogP contribution in [-0.2, 0) is 11.3 Å². The average molecular weight is 391 g/mol. The Balaban J connectivity index is 1.83. The van der Waals surface area contributed by atoms with E-state index < -0.39 is 23.5 Å². The Morgan fingerprint density at radius 1 is 0.931 bits per heavy atom. The highest BCUT2D eigenvalue weighted by Gasteiger charge is 2.42. The van der Waals surface area contributed by atoms with Gasteiger partial charge in [-0.3, -0.25) is 4.79 Å². The maximum absolute atomic E-state index is 14.7. The SMILES string of the molecule is Cc1ccc(C2=C(O)C(=O)N(Cc3ccc(F)cc3)C2c2ccccc2F)cc1. The van der Waals surface area contributed by atoms with Crippen molar-refractivity contribution in [3.05, 3.63) is 112 Å². The van der Waals surface area contributed by atoms with Crippen molar-refractivity contribution >= 4 is 11.5 Å². The Bertz CT molecular complexity index is 1090. The average Bonchev–Trinajstić information content (AvgIpc) is 2.95. The lowest BCUT2D eigenvalue weighted by Crippen LogP contribution is -2.30. The lowest BCUT2D eigenvalue weighted by atomic mass is 9.92. The van der Waals surface area contributed by atoms with Gasteiger partial charge in [0.1, 0.15) is 11.6 Å². The molecule has 4 rings (SSSR count). The van der Waals surface area contributed by atoms with Crippen LogP contribution in [0.4, 0.5) is 8.78 Å². The van der Waals surface area contributed by atoms with Gasteiger partial charge in [0.15, 0.2) is 5.76 Å². The molecule has 3 aromatic rings. The minimum absolute atomic E-state index is 0.109. The molecule has 29 heavy (non-hydrogen) atoms. The van der Waals surface area contributed by atoms with Crippen LogP contribution < -0.4 is 0 Å². The summed E-state index contributed by atoms with van der Waals surface area (Å²) >= 11 is 0. The second kappa shape index (κ2) is 7.51. The lowest BCUT2D eigenvalue weighted by Gasteiger charge is -2.28. The number of benzene rings is 3. The molecule has 0 spiro atoms. The van der Waals surface area contributed by atoms with Crippen LogP contribution in [0.25, 0.3) is 5.57 Å². The zero-order valence-corrected chi connectivity index (χ0v) is 15.8. The summed E-state index contributed by atoms with van der Waals surface area (Å²) < 4.78 is 28.0. The second-order valence-corrected chi connectivity index (χ2v) is 7.11. The summed E-state index contributed by atoms with van der Waals surface area (Å²) in [6.45, 7) is 2.05. The van der Waals surface area contributed by atoms with Crippen molar-refractivity contribution in [3.63, 3.8) is 0 Å². The van der Waals surface area contributed by atoms with Crippen LogP contribution in [0.1, 0.15) is 28.3 Å². The maximum atomic E-state index is 14.7. The Hall–Kier alpha value is -3.47. The Kier molecular flexibility index (Phi) is 4.89. The number of rotatable bonds is 4. The van der Waals surface area contributed by atoms with E-state index in [4.69, 9.17) is 0 Å². The molecule has 1 aliphatic rings. The van der Waals surface area contributed by atoms with Crippen molar-refractivity contribution in [3.8, 4) is 0 Å². The van der Waals surface area contributed by atoms with E-state index in [1.807, 2.05) is 31.2 Å². The third-order valence-electron chi connectivity index (χ3n) is 5.13. The summed E-state index contributed by atoms with van der Waals surface area (Å²) in [7, 11) is 0. The van der Waals surface area contributed by atoms with Gasteiger partial charge in [0, 0.05) is 17.7 Å². The molecule has 3 aromatic carbocycles. The summed E-state index contributed by atoms with van der Waals surface area (Å²) in [4.78, 5) is 14.4. The number of amides is 1. The Labute approximate surface area is 167 Å². The molecule has 0 bridgehead atoms. The first-order valence-electron chi connectivity index (χ1n) is 9.25. The van der Waals surface area contributed by atoms with Crippen LogP contribution in [0.3, 0.4) is 0 Å². The van der Waals surface area contributed by atoms with E-state index in [9.17, 15) is 18.7 Å². The van der Waals surface area contributed by atoms with Gasteiger partial charge in [0.05, 0.1) is 6.04 Å². The summed E-state index contributed by atoms with van der Waals surface area (Å²) in [5.74, 6) is -1.83. The number of carbonyl (C=O) groups excluding carboxylic acids is 1. The third-order valence-corrected chi connectivity index (χ3v) is 5.13. The molecule has 3 nitrogen and oxygen atoms in total. The number of carbonyl (C=O) groups is 1. The van der Waals surface area contributed by atoms with Gasteiger partial charge >= 0.3 is 0 Å². The zero-order valence-electron chi connectivity index (χ0n) is 15.8. The van der Waals surface area contributed by atoms with E-state index in [-0.39, 0.29) is 12.4 Å². The first kappa shape index (κ1) is 18.9. The smallest absolute Gasteiger partial charge is 0.290 e. The zero-order chi connectivity index (χ0) is 20.5. The number of nitrogens with zero attached hydrogens (tertiary/aromatic N) is 1. The molecule has 0 aromatic heterocycles. The molecule has 0 radical (unpaired) electrons. The quantitative estimate of drug-likeness (QED) is 0.653. The van der Waals surface area contributed by atoms with Crippen LogP contribution in [0, 0.1) is 18.6 Å². The Morgan fingerprint density at radius 2 is 1.59 bits per heavy atom. The van der Waals surface area contributed by atoms with Gasteiger partial charge in [0.25, 0.3) is 5.91 Å². The predicted molar refractivity (Wildman–Crippen MR) is 107 cm³/mol. The highest BCUT2D eigenvalue weighted by molar-refractivity contribution is 6.05. The van der Waals surface area contributed by atoms with Gasteiger partial charge in [-0.2, -0.15) is 0 Å². The van der Waals surface area contributed by atoms with Crippen molar-refractivity contribution in [2.75, 3.05) is 0 Å². The molecule has 0 saturated carbocycles. The minimum Gasteiger partial charge on any atom is -0.503 e. The molecule has 1 amide bonds. The van der Waals surface area contributed by atoms with Gasteiger partial charge in [-0.1, -0.05) is 60.2 Å². The fourth-order valence-corrected chi connectivity index (χ4v) is 3.65. The van der Waals surface area contributed by atoms with Crippen LogP contribution in [-0.4, -0.2) is 15.9 Å². The first-order chi connectivity index (χ1) is 14.0. The van der Waals surface area contributed by atoms with E-state index in [1.54, 1.807) is 30.3 Å². The molecule has 1 aliphatic heterocycles. The monoisotopic (exact) mass is 391 g/mol. The molecule has 1 unspecified atom stereocenters. The molecule has 0 saturated heterocycles. The van der Waals surface area contributed by atoms with Gasteiger partial charge in [-0.15, -0.1) is 0 Å². The number of aliphatic hydroxyl groups is 1. The number of aliphatic hydroxyl groups excluding tert-OH is 1. The molecular weight excluding hydrogens is 372 g/mol.